The van der Waals surface area contributed by atoms with Crippen LogP contribution in [0.2, 0.25) is 0 Å². The molecule has 0 amide bonds. The maximum atomic E-state index is 10.1. The fraction of sp³-hybridized carbons (Fsp3) is 0. The first-order valence-electron chi connectivity index (χ1n) is 14.9. The van der Waals surface area contributed by atoms with Gasteiger partial charge >= 0.3 is 0 Å². The van der Waals surface area contributed by atoms with Crippen molar-refractivity contribution in [3.8, 4) is 52.7 Å². The highest BCUT2D eigenvalue weighted by Crippen LogP contribution is 2.39. The van der Waals surface area contributed by atoms with Gasteiger partial charge in [-0.25, -0.2) is 0 Å². The summed E-state index contributed by atoms with van der Waals surface area (Å²) < 4.78 is 4.12. The van der Waals surface area contributed by atoms with Crippen molar-refractivity contribution in [3.05, 3.63) is 144 Å². The third kappa shape index (κ3) is 4.04. The van der Waals surface area contributed by atoms with E-state index in [1.807, 2.05) is 47.0 Å². The highest BCUT2D eigenvalue weighted by molar-refractivity contribution is 6.13. The molecule has 8 rings (SSSR count). The van der Waals surface area contributed by atoms with Gasteiger partial charge in [-0.1, -0.05) is 60.7 Å². The minimum absolute atomic E-state index is 0.441. The van der Waals surface area contributed by atoms with Crippen LogP contribution < -0.4 is 5.73 Å². The Morgan fingerprint density at radius 3 is 1.28 bits per heavy atom. The Bertz CT molecular complexity index is 2770. The summed E-state index contributed by atoms with van der Waals surface area (Å²) in [5.74, 6) is 2.98. The molecule has 0 fully saturated rings. The Labute approximate surface area is 270 Å². The minimum Gasteiger partial charge on any atom is -0.359 e. The Morgan fingerprint density at radius 2 is 0.830 bits per heavy atom. The van der Waals surface area contributed by atoms with Gasteiger partial charge in [0.1, 0.15) is 18.2 Å². The van der Waals surface area contributed by atoms with Crippen molar-refractivity contribution < 1.29 is 0 Å². The maximum Gasteiger partial charge on any atom is 0.101 e. The molecule has 2 aromatic heterocycles. The van der Waals surface area contributed by atoms with Gasteiger partial charge in [-0.15, -0.1) is 0 Å². The summed E-state index contributed by atoms with van der Waals surface area (Å²) in [5.41, 5.74) is 14.8. The molecule has 0 aliphatic heterocycles. The van der Waals surface area contributed by atoms with Crippen LogP contribution in [-0.4, -0.2) is 9.13 Å². The van der Waals surface area contributed by atoms with Gasteiger partial charge < -0.3 is 14.9 Å². The van der Waals surface area contributed by atoms with Gasteiger partial charge in [0, 0.05) is 27.6 Å². The van der Waals surface area contributed by atoms with Crippen LogP contribution in [0.3, 0.4) is 0 Å². The number of hydrogen-bond donors (Lipinski definition) is 1. The van der Waals surface area contributed by atoms with E-state index in [2.05, 4.69) is 89.3 Å². The molecule has 2 heterocycles. The molecule has 0 aliphatic rings. The number of hydrogen-bond acceptors (Lipinski definition) is 4. The Hall–Kier alpha value is -7.25. The zero-order valence-corrected chi connectivity index (χ0v) is 24.9. The van der Waals surface area contributed by atoms with Crippen LogP contribution in [0.4, 0.5) is 0 Å². The number of benzene rings is 6. The summed E-state index contributed by atoms with van der Waals surface area (Å²) in [6.45, 7) is 0. The zero-order valence-electron chi connectivity index (χ0n) is 24.9. The number of fused-ring (bicyclic) bond motifs is 6. The lowest BCUT2D eigenvalue weighted by Gasteiger charge is -2.13. The summed E-state index contributed by atoms with van der Waals surface area (Å²) >= 11 is 0. The molecule has 216 valence electrons. The highest BCUT2D eigenvalue weighted by atomic mass is 15.0. The van der Waals surface area contributed by atoms with Gasteiger partial charge in [-0.3, -0.25) is 0 Å². The quantitative estimate of drug-likeness (QED) is 0.163. The SMILES string of the molecule is N#Cc1cccc(C#N)c1-n1c2ccccc2c2cc(-c3ccc4c(c3)c3ccccc3n4-c3c(C#N)cccc3C#CN)ccc21. The fourth-order valence-electron chi connectivity index (χ4n) is 6.80. The van der Waals surface area contributed by atoms with Crippen LogP contribution in [0.1, 0.15) is 22.3 Å². The van der Waals surface area contributed by atoms with Crippen LogP contribution in [0.5, 0.6) is 0 Å². The normalized spacial score (nSPS) is 10.8. The van der Waals surface area contributed by atoms with E-state index in [1.165, 1.54) is 0 Å². The number of nitrogens with zero attached hydrogens (tertiary/aromatic N) is 5. The molecule has 0 unspecified atom stereocenters. The van der Waals surface area contributed by atoms with Gasteiger partial charge in [0.05, 0.1) is 55.7 Å². The van der Waals surface area contributed by atoms with Crippen LogP contribution in [0, 0.1) is 46.0 Å². The zero-order chi connectivity index (χ0) is 32.1. The molecule has 0 atom stereocenters. The number of rotatable bonds is 3. The molecule has 2 N–H and O–H groups in total. The van der Waals surface area contributed by atoms with E-state index >= 15 is 0 Å². The molecule has 6 nitrogen and oxygen atoms in total. The van der Waals surface area contributed by atoms with E-state index in [-0.39, 0.29) is 0 Å². The summed E-state index contributed by atoms with van der Waals surface area (Å²) in [5, 5.41) is 34.2. The molecule has 0 saturated heterocycles. The maximum absolute atomic E-state index is 10.1. The average Bonchev–Trinajstić information content (AvgIpc) is 3.63. The lowest BCUT2D eigenvalue weighted by molar-refractivity contribution is 1.15. The van der Waals surface area contributed by atoms with Crippen molar-refractivity contribution in [2.24, 2.45) is 5.73 Å². The first-order chi connectivity index (χ1) is 23.2. The van der Waals surface area contributed by atoms with Gasteiger partial charge in [0.2, 0.25) is 0 Å². The topological polar surface area (TPSA) is 107 Å². The predicted molar refractivity (Wildman–Crippen MR) is 186 cm³/mol. The Morgan fingerprint density at radius 1 is 0.426 bits per heavy atom. The summed E-state index contributed by atoms with van der Waals surface area (Å²) in [6, 6.07) is 49.1. The van der Waals surface area contributed by atoms with Gasteiger partial charge in [0.25, 0.3) is 0 Å². The van der Waals surface area contributed by atoms with Gasteiger partial charge in [-0.2, -0.15) is 15.8 Å². The van der Waals surface area contributed by atoms with Crippen LogP contribution in [0.15, 0.2) is 121 Å². The lowest BCUT2D eigenvalue weighted by atomic mass is 10.0. The van der Waals surface area contributed by atoms with Crippen molar-refractivity contribution in [1.29, 1.82) is 15.8 Å². The molecular formula is C41H22N6. The second-order valence-corrected chi connectivity index (χ2v) is 11.2. The van der Waals surface area contributed by atoms with E-state index in [4.69, 9.17) is 5.73 Å². The molecular weight excluding hydrogens is 576 g/mol. The first-order valence-corrected chi connectivity index (χ1v) is 14.9. The van der Waals surface area contributed by atoms with E-state index in [0.717, 1.165) is 54.7 Å². The largest absolute Gasteiger partial charge is 0.359 e. The highest BCUT2D eigenvalue weighted by Gasteiger charge is 2.20. The molecule has 6 aromatic carbocycles. The second kappa shape index (κ2) is 10.7. The lowest BCUT2D eigenvalue weighted by Crippen LogP contribution is -2.01. The van der Waals surface area contributed by atoms with E-state index in [1.54, 1.807) is 24.3 Å². The molecule has 6 heteroatoms. The standard InChI is InChI=1S/C41H22N6/c42-20-19-26-7-5-8-29(23-43)40(26)46-36-13-3-1-11-32(36)34-21-27(15-17-38(34)46)28-16-18-39-35(22-28)33-12-2-4-14-37(33)47(39)41-30(24-44)9-6-10-31(41)25-45/h1-18,21-22H,42H2. The molecule has 0 bridgehead atoms. The number of aromatic nitrogens is 2. The van der Waals surface area contributed by atoms with Crippen molar-refractivity contribution in [1.82, 2.24) is 9.13 Å². The Balaban J connectivity index is 1.38. The van der Waals surface area contributed by atoms with Crippen molar-refractivity contribution in [2.45, 2.75) is 0 Å². The Kier molecular flexibility index (Phi) is 6.23. The third-order valence-corrected chi connectivity index (χ3v) is 8.77. The molecule has 0 saturated carbocycles. The predicted octanol–water partition coefficient (Wildman–Crippen LogP) is 8.43. The monoisotopic (exact) mass is 598 g/mol. The first kappa shape index (κ1) is 27.3. The summed E-state index contributed by atoms with van der Waals surface area (Å²) in [6.07, 6.45) is 0. The van der Waals surface area contributed by atoms with Gasteiger partial charge in [0.15, 0.2) is 0 Å². The minimum atomic E-state index is 0.441. The van der Waals surface area contributed by atoms with Crippen LogP contribution >= 0.6 is 0 Å². The second-order valence-electron chi connectivity index (χ2n) is 11.2. The number of nitriles is 3. The molecule has 47 heavy (non-hydrogen) atoms. The number of nitrogens with two attached hydrogens (primary N) is 1. The van der Waals surface area contributed by atoms with E-state index < -0.39 is 0 Å². The van der Waals surface area contributed by atoms with Crippen molar-refractivity contribution in [2.75, 3.05) is 0 Å². The average molecular weight is 599 g/mol. The summed E-state index contributed by atoms with van der Waals surface area (Å²) in [4.78, 5) is 0. The van der Waals surface area contributed by atoms with Gasteiger partial charge in [-0.05, 0) is 77.7 Å². The molecule has 8 aromatic rings. The molecule has 0 aliphatic carbocycles. The van der Waals surface area contributed by atoms with Crippen LogP contribution in [0.25, 0.3) is 66.1 Å². The number of para-hydroxylation sites is 4. The van der Waals surface area contributed by atoms with E-state index in [0.29, 0.717) is 33.6 Å². The van der Waals surface area contributed by atoms with Crippen molar-refractivity contribution >= 4 is 43.6 Å². The molecule has 0 radical (unpaired) electrons. The fourth-order valence-corrected chi connectivity index (χ4v) is 6.80. The smallest absolute Gasteiger partial charge is 0.101 e. The van der Waals surface area contributed by atoms with Crippen molar-refractivity contribution in [3.63, 3.8) is 0 Å². The third-order valence-electron chi connectivity index (χ3n) is 8.77. The van der Waals surface area contributed by atoms with E-state index in [9.17, 15) is 15.8 Å². The summed E-state index contributed by atoms with van der Waals surface area (Å²) in [7, 11) is 0. The van der Waals surface area contributed by atoms with Crippen LogP contribution in [-0.2, 0) is 0 Å². The molecule has 0 spiro atoms.